The van der Waals surface area contributed by atoms with E-state index in [0.29, 0.717) is 6.61 Å². The molecule has 2 heterocycles. The van der Waals surface area contributed by atoms with Gasteiger partial charge in [0.2, 0.25) is 0 Å². The van der Waals surface area contributed by atoms with Crippen molar-refractivity contribution in [2.24, 2.45) is 0 Å². The molecule has 3 atom stereocenters. The Morgan fingerprint density at radius 2 is 2.07 bits per heavy atom. The molecule has 2 saturated heterocycles. The second-order valence-corrected chi connectivity index (χ2v) is 3.90. The minimum absolute atomic E-state index is 0.0641. The van der Waals surface area contributed by atoms with E-state index in [1.807, 2.05) is 0 Å². The highest BCUT2D eigenvalue weighted by molar-refractivity contribution is 4.91. The second-order valence-electron chi connectivity index (χ2n) is 3.90. The van der Waals surface area contributed by atoms with Gasteiger partial charge in [0.05, 0.1) is 19.3 Å². The van der Waals surface area contributed by atoms with Gasteiger partial charge in [-0.2, -0.15) is 0 Å². The van der Waals surface area contributed by atoms with E-state index in [-0.39, 0.29) is 12.6 Å². The maximum absolute atomic E-state index is 9.85. The molecule has 0 saturated carbocycles. The first-order chi connectivity index (χ1) is 6.83. The summed E-state index contributed by atoms with van der Waals surface area (Å²) >= 11 is 0. The molecule has 0 unspecified atom stereocenters. The molecule has 0 radical (unpaired) electrons. The number of hydrogen-bond acceptors (Lipinski definition) is 5. The van der Waals surface area contributed by atoms with Crippen LogP contribution in [0.4, 0.5) is 0 Å². The van der Waals surface area contributed by atoms with Crippen molar-refractivity contribution in [1.29, 1.82) is 0 Å². The zero-order valence-electron chi connectivity index (χ0n) is 8.22. The Morgan fingerprint density at radius 3 is 2.64 bits per heavy atom. The van der Waals surface area contributed by atoms with Crippen LogP contribution in [-0.2, 0) is 4.74 Å². The number of hydrogen-bond donors (Lipinski definition) is 3. The quantitative estimate of drug-likeness (QED) is 0.484. The summed E-state index contributed by atoms with van der Waals surface area (Å²) in [4.78, 5) is 2.23. The van der Waals surface area contributed by atoms with Gasteiger partial charge in [0.1, 0.15) is 12.2 Å². The maximum Gasteiger partial charge on any atom is 0.108 e. The normalized spacial score (nSPS) is 40.3. The fraction of sp³-hybridized carbons (Fsp3) is 1.00. The summed E-state index contributed by atoms with van der Waals surface area (Å²) in [7, 11) is 0. The lowest BCUT2D eigenvalue weighted by molar-refractivity contribution is -0.00210. The number of aliphatic hydroxyl groups excluding tert-OH is 2. The third-order valence-electron chi connectivity index (χ3n) is 3.06. The van der Waals surface area contributed by atoms with Crippen molar-refractivity contribution in [3.63, 3.8) is 0 Å². The molecule has 0 amide bonds. The van der Waals surface area contributed by atoms with Gasteiger partial charge in [0.15, 0.2) is 0 Å². The predicted octanol–water partition coefficient (Wildman–Crippen LogP) is -1.99. The first kappa shape index (κ1) is 10.3. The third kappa shape index (κ3) is 1.92. The third-order valence-corrected chi connectivity index (χ3v) is 3.06. The smallest absolute Gasteiger partial charge is 0.108 e. The number of rotatable bonds is 2. The topological polar surface area (TPSA) is 65.0 Å². The van der Waals surface area contributed by atoms with Gasteiger partial charge in [-0.15, -0.1) is 0 Å². The van der Waals surface area contributed by atoms with Gasteiger partial charge < -0.3 is 20.3 Å². The maximum atomic E-state index is 9.85. The molecular weight excluding hydrogens is 184 g/mol. The first-order valence-electron chi connectivity index (χ1n) is 5.18. The molecule has 2 fully saturated rings. The fourth-order valence-electron chi connectivity index (χ4n) is 2.16. The number of aliphatic hydroxyl groups is 2. The van der Waals surface area contributed by atoms with Crippen molar-refractivity contribution < 1.29 is 14.9 Å². The van der Waals surface area contributed by atoms with Crippen molar-refractivity contribution in [1.82, 2.24) is 10.2 Å². The van der Waals surface area contributed by atoms with Crippen LogP contribution in [0.25, 0.3) is 0 Å². The minimum atomic E-state index is -0.543. The van der Waals surface area contributed by atoms with Crippen LogP contribution in [0.5, 0.6) is 0 Å². The average Bonchev–Trinajstić information content (AvgIpc) is 2.61. The molecule has 2 aliphatic heterocycles. The lowest BCUT2D eigenvalue weighted by Gasteiger charge is -2.33. The summed E-state index contributed by atoms with van der Waals surface area (Å²) in [5.41, 5.74) is 0. The SMILES string of the molecule is OC[C@H]1OC[C@@H](N2CCNCC2)[C@@H]1O. The van der Waals surface area contributed by atoms with Crippen molar-refractivity contribution >= 4 is 0 Å². The number of nitrogens with one attached hydrogen (secondary N) is 1. The molecule has 5 nitrogen and oxygen atoms in total. The molecule has 14 heavy (non-hydrogen) atoms. The van der Waals surface area contributed by atoms with E-state index in [4.69, 9.17) is 9.84 Å². The van der Waals surface area contributed by atoms with Crippen LogP contribution < -0.4 is 5.32 Å². The summed E-state index contributed by atoms with van der Waals surface area (Å²) in [5.74, 6) is 0. The molecule has 2 rings (SSSR count). The minimum Gasteiger partial charge on any atom is -0.394 e. The summed E-state index contributed by atoms with van der Waals surface area (Å²) in [6.07, 6.45) is -0.937. The Kier molecular flexibility index (Phi) is 3.35. The largest absolute Gasteiger partial charge is 0.394 e. The van der Waals surface area contributed by atoms with Gasteiger partial charge in [-0.1, -0.05) is 0 Å². The highest BCUT2D eigenvalue weighted by atomic mass is 16.5. The monoisotopic (exact) mass is 202 g/mol. The Morgan fingerprint density at radius 1 is 1.36 bits per heavy atom. The summed E-state index contributed by atoms with van der Waals surface area (Å²) in [6.45, 7) is 4.27. The standard InChI is InChI=1S/C9H18N2O3/c12-5-8-9(13)7(6-14-8)11-3-1-10-2-4-11/h7-10,12-13H,1-6H2/t7-,8-,9+/m1/s1. The number of nitrogens with zero attached hydrogens (tertiary/aromatic N) is 1. The zero-order valence-corrected chi connectivity index (χ0v) is 8.22. The van der Waals surface area contributed by atoms with Gasteiger partial charge in [-0.3, -0.25) is 4.90 Å². The van der Waals surface area contributed by atoms with Crippen LogP contribution in [0.3, 0.4) is 0 Å². The molecule has 0 aromatic carbocycles. The van der Waals surface area contributed by atoms with Gasteiger partial charge in [-0.05, 0) is 0 Å². The molecule has 82 valence electrons. The highest BCUT2D eigenvalue weighted by Gasteiger charge is 2.38. The fourth-order valence-corrected chi connectivity index (χ4v) is 2.16. The van der Waals surface area contributed by atoms with Crippen molar-refractivity contribution in [2.45, 2.75) is 18.2 Å². The molecule has 0 aromatic heterocycles. The van der Waals surface area contributed by atoms with E-state index in [1.54, 1.807) is 0 Å². The average molecular weight is 202 g/mol. The van der Waals surface area contributed by atoms with Crippen LogP contribution in [0.15, 0.2) is 0 Å². The van der Waals surface area contributed by atoms with Crippen molar-refractivity contribution in [3.8, 4) is 0 Å². The molecule has 0 aliphatic carbocycles. The summed E-state index contributed by atoms with van der Waals surface area (Å²) in [6, 6.07) is 0.0641. The Bertz CT molecular complexity index is 185. The van der Waals surface area contributed by atoms with Crippen LogP contribution in [0, 0.1) is 0 Å². The zero-order chi connectivity index (χ0) is 9.97. The van der Waals surface area contributed by atoms with E-state index in [1.165, 1.54) is 0 Å². The van der Waals surface area contributed by atoms with E-state index in [2.05, 4.69) is 10.2 Å². The van der Waals surface area contributed by atoms with Gasteiger partial charge >= 0.3 is 0 Å². The molecule has 0 spiro atoms. The Labute approximate surface area is 83.7 Å². The lowest BCUT2D eigenvalue weighted by atomic mass is 10.1. The predicted molar refractivity (Wildman–Crippen MR) is 51.1 cm³/mol. The Hall–Kier alpha value is -0.200. The van der Waals surface area contributed by atoms with Crippen LogP contribution in [-0.4, -0.2) is 72.8 Å². The van der Waals surface area contributed by atoms with Crippen LogP contribution >= 0.6 is 0 Å². The molecule has 5 heteroatoms. The van der Waals surface area contributed by atoms with E-state index < -0.39 is 12.2 Å². The van der Waals surface area contributed by atoms with E-state index in [9.17, 15) is 5.11 Å². The van der Waals surface area contributed by atoms with E-state index in [0.717, 1.165) is 26.2 Å². The number of ether oxygens (including phenoxy) is 1. The van der Waals surface area contributed by atoms with Gasteiger partial charge in [0.25, 0.3) is 0 Å². The molecule has 2 aliphatic rings. The number of piperazine rings is 1. The highest BCUT2D eigenvalue weighted by Crippen LogP contribution is 2.19. The second kappa shape index (κ2) is 4.55. The summed E-state index contributed by atoms with van der Waals surface area (Å²) in [5, 5.41) is 22.1. The molecule has 3 N–H and O–H groups in total. The molecule has 0 aromatic rings. The van der Waals surface area contributed by atoms with Gasteiger partial charge in [0, 0.05) is 26.2 Å². The van der Waals surface area contributed by atoms with E-state index >= 15 is 0 Å². The molecule has 0 bridgehead atoms. The summed E-state index contributed by atoms with van der Waals surface area (Å²) < 4.78 is 5.32. The van der Waals surface area contributed by atoms with Gasteiger partial charge in [-0.25, -0.2) is 0 Å². The van der Waals surface area contributed by atoms with Crippen molar-refractivity contribution in [3.05, 3.63) is 0 Å². The molecular formula is C9H18N2O3. The Balaban J connectivity index is 1.91. The lowest BCUT2D eigenvalue weighted by Crippen LogP contribution is -2.53. The first-order valence-corrected chi connectivity index (χ1v) is 5.18. The van der Waals surface area contributed by atoms with Crippen LogP contribution in [0.1, 0.15) is 0 Å². The van der Waals surface area contributed by atoms with Crippen molar-refractivity contribution in [2.75, 3.05) is 39.4 Å². The van der Waals surface area contributed by atoms with Crippen LogP contribution in [0.2, 0.25) is 0 Å².